The van der Waals surface area contributed by atoms with Crippen LogP contribution in [-0.4, -0.2) is 13.2 Å². The Labute approximate surface area is 143 Å². The highest BCUT2D eigenvalue weighted by atomic mass is 28.3. The van der Waals surface area contributed by atoms with Crippen molar-refractivity contribution < 1.29 is 5.11 Å². The van der Waals surface area contributed by atoms with E-state index in [2.05, 4.69) is 64.8 Å². The largest absolute Gasteiger partial charge is 0.376 e. The van der Waals surface area contributed by atoms with Gasteiger partial charge in [0.15, 0.2) is 0 Å². The zero-order chi connectivity index (χ0) is 17.6. The van der Waals surface area contributed by atoms with Gasteiger partial charge < -0.3 is 5.11 Å². The number of rotatable bonds is 4. The average Bonchev–Trinajstić information content (AvgIpc) is 2.46. The lowest BCUT2D eigenvalue weighted by Crippen LogP contribution is -2.43. The van der Waals surface area contributed by atoms with Crippen LogP contribution in [0.3, 0.4) is 0 Å². The molecular weight excluding hydrogens is 296 g/mol. The molecular formula is C21H30OSi. The topological polar surface area (TPSA) is 20.2 Å². The first-order valence-corrected chi connectivity index (χ1v) is 10.7. The number of hydrogen-bond acceptors (Lipinski definition) is 1. The molecule has 0 aliphatic carbocycles. The third kappa shape index (κ3) is 4.74. The van der Waals surface area contributed by atoms with E-state index in [0.29, 0.717) is 16.6 Å². The quantitative estimate of drug-likeness (QED) is 0.591. The molecule has 0 radical (unpaired) electrons. The maximum Gasteiger partial charge on any atom is 0.147 e. The highest BCUT2D eigenvalue weighted by Crippen LogP contribution is 2.40. The van der Waals surface area contributed by atoms with Gasteiger partial charge in [0.1, 0.15) is 14.2 Å². The molecule has 23 heavy (non-hydrogen) atoms. The van der Waals surface area contributed by atoms with Gasteiger partial charge in [0.25, 0.3) is 0 Å². The summed E-state index contributed by atoms with van der Waals surface area (Å²) in [4.78, 5) is 0. The van der Waals surface area contributed by atoms with Gasteiger partial charge in [-0.2, -0.15) is 0 Å². The molecule has 0 saturated carbocycles. The van der Waals surface area contributed by atoms with Crippen molar-refractivity contribution in [3.63, 3.8) is 0 Å². The summed E-state index contributed by atoms with van der Waals surface area (Å²) >= 11 is 0. The van der Waals surface area contributed by atoms with E-state index in [4.69, 9.17) is 0 Å². The van der Waals surface area contributed by atoms with E-state index in [-0.39, 0.29) is 0 Å². The van der Waals surface area contributed by atoms with Crippen LogP contribution in [0.1, 0.15) is 58.8 Å². The standard InChI is InChI=1S/C21H30OSi/c1-16(2)23(17(3)4,18(5)6)15-9-8-10-21(22)20-13-11-19(7)12-14-20/h11-14,16-18,21-22H,1-7H3/t21-/m1/s1. The van der Waals surface area contributed by atoms with Gasteiger partial charge in [-0.05, 0) is 41.0 Å². The van der Waals surface area contributed by atoms with Crippen LogP contribution in [0.15, 0.2) is 24.3 Å². The molecule has 0 aliphatic heterocycles. The van der Waals surface area contributed by atoms with Gasteiger partial charge in [-0.15, -0.1) is 5.54 Å². The predicted octanol–water partition coefficient (Wildman–Crippen LogP) is 5.25. The first-order valence-electron chi connectivity index (χ1n) is 8.49. The van der Waals surface area contributed by atoms with Crippen LogP contribution in [0.25, 0.3) is 0 Å². The van der Waals surface area contributed by atoms with Crippen molar-refractivity contribution in [2.24, 2.45) is 0 Å². The van der Waals surface area contributed by atoms with Gasteiger partial charge in [-0.1, -0.05) is 77.3 Å². The summed E-state index contributed by atoms with van der Waals surface area (Å²) in [6.45, 7) is 15.8. The van der Waals surface area contributed by atoms with Gasteiger partial charge in [-0.3, -0.25) is 0 Å². The van der Waals surface area contributed by atoms with E-state index in [0.717, 1.165) is 5.56 Å². The normalized spacial score (nSPS) is 12.7. The Balaban J connectivity index is 3.00. The fraction of sp³-hybridized carbons (Fsp3) is 0.524. The minimum absolute atomic E-state index is 0.596. The second kappa shape index (κ2) is 8.39. The van der Waals surface area contributed by atoms with Crippen molar-refractivity contribution in [2.45, 2.75) is 71.2 Å². The third-order valence-electron chi connectivity index (χ3n) is 4.81. The van der Waals surface area contributed by atoms with Crippen molar-refractivity contribution in [1.29, 1.82) is 0 Å². The Kier molecular flexibility index (Phi) is 7.14. The Morgan fingerprint density at radius 1 is 0.826 bits per heavy atom. The Bertz CT molecular complexity index is 596. The maximum atomic E-state index is 10.1. The van der Waals surface area contributed by atoms with Crippen LogP contribution < -0.4 is 0 Å². The maximum absolute atomic E-state index is 10.1. The summed E-state index contributed by atoms with van der Waals surface area (Å²) in [6, 6.07) is 7.80. The lowest BCUT2D eigenvalue weighted by Gasteiger charge is -2.37. The number of hydrogen-bond donors (Lipinski definition) is 1. The number of benzene rings is 1. The van der Waals surface area contributed by atoms with Crippen molar-refractivity contribution in [3.8, 4) is 23.3 Å². The molecule has 0 saturated heterocycles. The zero-order valence-electron chi connectivity index (χ0n) is 15.6. The van der Waals surface area contributed by atoms with Gasteiger partial charge in [-0.25, -0.2) is 0 Å². The molecule has 1 rings (SSSR count). The summed E-state index contributed by atoms with van der Waals surface area (Å²) in [6.07, 6.45) is -0.766. The van der Waals surface area contributed by atoms with E-state index < -0.39 is 14.2 Å². The molecule has 0 unspecified atom stereocenters. The van der Waals surface area contributed by atoms with E-state index in [9.17, 15) is 5.11 Å². The molecule has 0 spiro atoms. The molecule has 0 heterocycles. The van der Waals surface area contributed by atoms with Crippen molar-refractivity contribution >= 4 is 8.07 Å². The molecule has 1 atom stereocenters. The van der Waals surface area contributed by atoms with Crippen molar-refractivity contribution in [1.82, 2.24) is 0 Å². The van der Waals surface area contributed by atoms with Crippen LogP contribution in [0, 0.1) is 30.2 Å². The molecule has 2 heteroatoms. The fourth-order valence-electron chi connectivity index (χ4n) is 3.51. The summed E-state index contributed by atoms with van der Waals surface area (Å²) in [5.41, 5.74) is 7.34. The second-order valence-electron chi connectivity index (χ2n) is 7.23. The van der Waals surface area contributed by atoms with E-state index in [1.165, 1.54) is 5.56 Å². The monoisotopic (exact) mass is 326 g/mol. The number of aliphatic hydroxyl groups is 1. The molecule has 0 aliphatic rings. The molecule has 1 nitrogen and oxygen atoms in total. The van der Waals surface area contributed by atoms with E-state index in [1.807, 2.05) is 31.2 Å². The summed E-state index contributed by atoms with van der Waals surface area (Å²) in [7, 11) is -1.73. The molecule has 1 aromatic rings. The van der Waals surface area contributed by atoms with Crippen LogP contribution in [0.5, 0.6) is 0 Å². The molecule has 0 fully saturated rings. The van der Waals surface area contributed by atoms with Crippen LogP contribution in [0.4, 0.5) is 0 Å². The lowest BCUT2D eigenvalue weighted by atomic mass is 10.1. The smallest absolute Gasteiger partial charge is 0.147 e. The van der Waals surface area contributed by atoms with Gasteiger partial charge >= 0.3 is 0 Å². The van der Waals surface area contributed by atoms with Gasteiger partial charge in [0.05, 0.1) is 0 Å². The summed E-state index contributed by atoms with van der Waals surface area (Å²) < 4.78 is 0. The Morgan fingerprint density at radius 3 is 1.74 bits per heavy atom. The Morgan fingerprint density at radius 2 is 1.30 bits per heavy atom. The molecule has 0 aromatic heterocycles. The minimum atomic E-state index is -1.73. The summed E-state index contributed by atoms with van der Waals surface area (Å²) in [5.74, 6) is 8.83. The van der Waals surface area contributed by atoms with Crippen molar-refractivity contribution in [2.75, 3.05) is 0 Å². The van der Waals surface area contributed by atoms with Gasteiger partial charge in [0.2, 0.25) is 0 Å². The van der Waals surface area contributed by atoms with E-state index in [1.54, 1.807) is 0 Å². The van der Waals surface area contributed by atoms with Crippen LogP contribution in [0.2, 0.25) is 16.6 Å². The zero-order valence-corrected chi connectivity index (χ0v) is 16.6. The van der Waals surface area contributed by atoms with Crippen molar-refractivity contribution in [3.05, 3.63) is 35.4 Å². The summed E-state index contributed by atoms with van der Waals surface area (Å²) in [5, 5.41) is 10.1. The first kappa shape index (κ1) is 19.6. The molecule has 124 valence electrons. The molecule has 1 aromatic carbocycles. The third-order valence-corrected chi connectivity index (χ3v) is 11.1. The second-order valence-corrected chi connectivity index (χ2v) is 12.8. The number of aliphatic hydroxyl groups excluding tert-OH is 1. The SMILES string of the molecule is Cc1ccc([C@H](O)C#CC#C[Si](C(C)C)(C(C)C)C(C)C)cc1. The minimum Gasteiger partial charge on any atom is -0.376 e. The molecule has 0 bridgehead atoms. The van der Waals surface area contributed by atoms with Crippen LogP contribution in [-0.2, 0) is 0 Å². The Hall–Kier alpha value is -1.48. The highest BCUT2D eigenvalue weighted by Gasteiger charge is 2.41. The number of aryl methyl sites for hydroxylation is 1. The highest BCUT2D eigenvalue weighted by molar-refractivity contribution is 6.90. The molecule has 0 amide bonds. The lowest BCUT2D eigenvalue weighted by molar-refractivity contribution is 0.238. The molecule has 1 N–H and O–H groups in total. The fourth-order valence-corrected chi connectivity index (χ4v) is 8.65. The predicted molar refractivity (Wildman–Crippen MR) is 103 cm³/mol. The van der Waals surface area contributed by atoms with Crippen LogP contribution >= 0.6 is 0 Å². The van der Waals surface area contributed by atoms with E-state index >= 15 is 0 Å². The van der Waals surface area contributed by atoms with Gasteiger partial charge in [0, 0.05) is 0 Å². The first-order chi connectivity index (χ1) is 10.7. The average molecular weight is 327 g/mol.